The summed E-state index contributed by atoms with van der Waals surface area (Å²) in [5.74, 6) is 0.793. The Morgan fingerprint density at radius 1 is 1.28 bits per heavy atom. The van der Waals surface area contributed by atoms with Gasteiger partial charge in [0.1, 0.15) is 10.8 Å². The fourth-order valence-electron chi connectivity index (χ4n) is 1.43. The van der Waals surface area contributed by atoms with Gasteiger partial charge in [-0.2, -0.15) is 10.1 Å². The second-order valence-electron chi connectivity index (χ2n) is 3.65. The van der Waals surface area contributed by atoms with Crippen LogP contribution in [-0.4, -0.2) is 25.1 Å². The molecule has 0 unspecified atom stereocenters. The Labute approximate surface area is 111 Å². The lowest BCUT2D eigenvalue weighted by atomic mass is 10.4. The van der Waals surface area contributed by atoms with E-state index >= 15 is 0 Å². The Balaban J connectivity index is 2.06. The third kappa shape index (κ3) is 1.95. The highest BCUT2D eigenvalue weighted by Gasteiger charge is 2.14. The number of aryl methyl sites for hydroxylation is 2. The first-order valence-electron chi connectivity index (χ1n) is 5.12. The molecule has 0 saturated carbocycles. The van der Waals surface area contributed by atoms with Crippen molar-refractivity contribution in [3.8, 4) is 0 Å². The number of hydrogen-bond donors (Lipinski definition) is 1. The van der Waals surface area contributed by atoms with Gasteiger partial charge in [-0.3, -0.25) is 5.10 Å². The second-order valence-corrected chi connectivity index (χ2v) is 4.93. The Bertz CT molecular complexity index is 703. The van der Waals surface area contributed by atoms with Crippen molar-refractivity contribution in [3.63, 3.8) is 0 Å². The third-order valence-corrected chi connectivity index (χ3v) is 3.46. The van der Waals surface area contributed by atoms with Crippen molar-refractivity contribution in [3.05, 3.63) is 22.9 Å². The topological polar surface area (TPSA) is 80.5 Å². The molecule has 92 valence electrons. The summed E-state index contributed by atoms with van der Waals surface area (Å²) in [5, 5.41) is 8.82. The number of aromatic amines is 1. The summed E-state index contributed by atoms with van der Waals surface area (Å²) in [6, 6.07) is 0. The average molecular weight is 282 g/mol. The van der Waals surface area contributed by atoms with Gasteiger partial charge in [0.05, 0.1) is 17.3 Å². The van der Waals surface area contributed by atoms with Crippen molar-refractivity contribution >= 4 is 34.4 Å². The molecule has 0 spiro atoms. The molecule has 6 nitrogen and oxygen atoms in total. The number of halogens is 1. The molecule has 0 aliphatic heterocycles. The summed E-state index contributed by atoms with van der Waals surface area (Å²) in [6.07, 6.45) is 1.65. The van der Waals surface area contributed by atoms with E-state index in [0.29, 0.717) is 15.9 Å². The Hall–Kier alpha value is -1.60. The molecule has 0 bridgehead atoms. The Kier molecular flexibility index (Phi) is 2.71. The van der Waals surface area contributed by atoms with Gasteiger partial charge in [-0.05, 0) is 37.2 Å². The molecule has 1 N–H and O–H groups in total. The predicted molar refractivity (Wildman–Crippen MR) is 66.8 cm³/mol. The fraction of sp³-hybridized carbons (Fsp3) is 0.200. The van der Waals surface area contributed by atoms with Crippen LogP contribution in [-0.2, 0) is 0 Å². The highest BCUT2D eigenvalue weighted by atomic mass is 35.5. The number of aromatic nitrogens is 5. The van der Waals surface area contributed by atoms with Crippen LogP contribution in [0.2, 0.25) is 5.28 Å². The van der Waals surface area contributed by atoms with Gasteiger partial charge in [-0.1, -0.05) is 0 Å². The lowest BCUT2D eigenvalue weighted by molar-refractivity contribution is 0.431. The molecule has 3 heterocycles. The lowest BCUT2D eigenvalue weighted by Gasteiger charge is -1.98. The van der Waals surface area contributed by atoms with E-state index in [2.05, 4.69) is 25.1 Å². The van der Waals surface area contributed by atoms with Crippen LogP contribution in [0.3, 0.4) is 0 Å². The summed E-state index contributed by atoms with van der Waals surface area (Å²) in [6.45, 7) is 3.76. The van der Waals surface area contributed by atoms with Gasteiger partial charge < -0.3 is 4.42 Å². The van der Waals surface area contributed by atoms with Crippen molar-refractivity contribution in [2.75, 3.05) is 0 Å². The number of H-pyrrole nitrogens is 1. The Morgan fingerprint density at radius 2 is 2.11 bits per heavy atom. The maximum atomic E-state index is 5.85. The van der Waals surface area contributed by atoms with E-state index in [4.69, 9.17) is 16.0 Å². The van der Waals surface area contributed by atoms with Crippen LogP contribution < -0.4 is 0 Å². The van der Waals surface area contributed by atoms with Crippen LogP contribution in [0.5, 0.6) is 0 Å². The zero-order valence-corrected chi connectivity index (χ0v) is 11.1. The quantitative estimate of drug-likeness (QED) is 0.575. The van der Waals surface area contributed by atoms with Crippen LogP contribution >= 0.6 is 23.4 Å². The molecule has 0 saturated heterocycles. The number of fused-ring (bicyclic) bond motifs is 1. The van der Waals surface area contributed by atoms with Crippen LogP contribution in [0.1, 0.15) is 11.5 Å². The van der Waals surface area contributed by atoms with E-state index in [1.165, 1.54) is 11.8 Å². The standard InChI is InChI=1S/C10H8ClN5OS/c1-4-5(2)17-10(13-4)18-8-6-3-12-16-7(6)14-9(11)15-8/h3H,1-2H3,(H,12,14,15,16). The zero-order chi connectivity index (χ0) is 12.7. The summed E-state index contributed by atoms with van der Waals surface area (Å²) in [4.78, 5) is 12.5. The monoisotopic (exact) mass is 281 g/mol. The molecule has 18 heavy (non-hydrogen) atoms. The highest BCUT2D eigenvalue weighted by Crippen LogP contribution is 2.31. The summed E-state index contributed by atoms with van der Waals surface area (Å²) in [7, 11) is 0. The van der Waals surface area contributed by atoms with E-state index < -0.39 is 0 Å². The highest BCUT2D eigenvalue weighted by molar-refractivity contribution is 7.99. The first-order valence-corrected chi connectivity index (χ1v) is 6.31. The minimum absolute atomic E-state index is 0.161. The van der Waals surface area contributed by atoms with E-state index in [9.17, 15) is 0 Å². The van der Waals surface area contributed by atoms with Crippen molar-refractivity contribution in [2.45, 2.75) is 24.1 Å². The van der Waals surface area contributed by atoms with Crippen molar-refractivity contribution in [2.24, 2.45) is 0 Å². The molecule has 3 aromatic heterocycles. The molecule has 8 heteroatoms. The van der Waals surface area contributed by atoms with Crippen LogP contribution in [0.25, 0.3) is 11.0 Å². The maximum Gasteiger partial charge on any atom is 0.262 e. The SMILES string of the molecule is Cc1nc(Sc2nc(Cl)nc3[nH]ncc23)oc1C. The fourth-order valence-corrected chi connectivity index (χ4v) is 2.56. The summed E-state index contributed by atoms with van der Waals surface area (Å²) >= 11 is 7.15. The van der Waals surface area contributed by atoms with Crippen molar-refractivity contribution in [1.82, 2.24) is 25.1 Å². The average Bonchev–Trinajstić information content (AvgIpc) is 2.86. The van der Waals surface area contributed by atoms with Gasteiger partial charge in [-0.25, -0.2) is 9.97 Å². The third-order valence-electron chi connectivity index (χ3n) is 2.44. The van der Waals surface area contributed by atoms with Gasteiger partial charge in [0, 0.05) is 0 Å². The number of nitrogens with zero attached hydrogens (tertiary/aromatic N) is 4. The minimum atomic E-state index is 0.161. The van der Waals surface area contributed by atoms with Gasteiger partial charge in [0.25, 0.3) is 5.22 Å². The molecule has 3 aromatic rings. The van der Waals surface area contributed by atoms with E-state index in [-0.39, 0.29) is 5.28 Å². The molecule has 0 aromatic carbocycles. The van der Waals surface area contributed by atoms with Gasteiger partial charge in [0.2, 0.25) is 5.28 Å². The molecular weight excluding hydrogens is 274 g/mol. The zero-order valence-electron chi connectivity index (χ0n) is 9.56. The number of hydrogen-bond acceptors (Lipinski definition) is 6. The van der Waals surface area contributed by atoms with Crippen LogP contribution in [0.15, 0.2) is 20.9 Å². The second kappa shape index (κ2) is 4.25. The molecule has 0 aliphatic rings. The van der Waals surface area contributed by atoms with Gasteiger partial charge in [-0.15, -0.1) is 0 Å². The van der Waals surface area contributed by atoms with Crippen molar-refractivity contribution < 1.29 is 4.42 Å². The number of nitrogens with one attached hydrogen (secondary N) is 1. The van der Waals surface area contributed by atoms with Crippen LogP contribution in [0, 0.1) is 13.8 Å². The predicted octanol–water partition coefficient (Wildman–Crippen LogP) is 2.76. The minimum Gasteiger partial charge on any atom is -0.436 e. The Morgan fingerprint density at radius 3 is 2.83 bits per heavy atom. The number of rotatable bonds is 2. The normalized spacial score (nSPS) is 11.3. The smallest absolute Gasteiger partial charge is 0.262 e. The molecule has 0 amide bonds. The van der Waals surface area contributed by atoms with E-state index in [1.54, 1.807) is 6.20 Å². The van der Waals surface area contributed by atoms with E-state index in [0.717, 1.165) is 16.8 Å². The molecule has 0 radical (unpaired) electrons. The molecule has 0 aliphatic carbocycles. The van der Waals surface area contributed by atoms with Crippen molar-refractivity contribution in [1.29, 1.82) is 0 Å². The largest absolute Gasteiger partial charge is 0.436 e. The van der Waals surface area contributed by atoms with E-state index in [1.807, 2.05) is 13.8 Å². The van der Waals surface area contributed by atoms with Gasteiger partial charge >= 0.3 is 0 Å². The molecular formula is C10H8ClN5OS. The summed E-state index contributed by atoms with van der Waals surface area (Å²) < 4.78 is 5.50. The first kappa shape index (κ1) is 11.5. The first-order chi connectivity index (χ1) is 8.63. The van der Waals surface area contributed by atoms with Gasteiger partial charge in [0.15, 0.2) is 5.65 Å². The molecule has 0 fully saturated rings. The lowest BCUT2D eigenvalue weighted by Crippen LogP contribution is -1.87. The van der Waals surface area contributed by atoms with Crippen LogP contribution in [0.4, 0.5) is 0 Å². The maximum absolute atomic E-state index is 5.85. The summed E-state index contributed by atoms with van der Waals surface area (Å²) in [5.41, 5.74) is 1.46. The number of oxazole rings is 1. The molecule has 3 rings (SSSR count). The molecule has 0 atom stereocenters.